The zero-order valence-electron chi connectivity index (χ0n) is 36.9. The van der Waals surface area contributed by atoms with Gasteiger partial charge in [0.25, 0.3) is 0 Å². The molecule has 4 heteroatoms. The van der Waals surface area contributed by atoms with Gasteiger partial charge in [-0.1, -0.05) is 206 Å². The molecule has 2 heterocycles. The molecule has 0 saturated heterocycles. The van der Waals surface area contributed by atoms with E-state index in [2.05, 4.69) is 247 Å². The van der Waals surface area contributed by atoms with Crippen molar-refractivity contribution in [3.63, 3.8) is 0 Å². The van der Waals surface area contributed by atoms with Crippen molar-refractivity contribution >= 4 is 21.8 Å². The Morgan fingerprint density at radius 1 is 0.265 bits per heavy atom. The molecule has 0 atom stereocenters. The first-order valence-electron chi connectivity index (χ1n) is 23.3. The second-order valence-electron chi connectivity index (χ2n) is 17.9. The number of benzene rings is 10. The van der Waals surface area contributed by atoms with E-state index in [0.29, 0.717) is 17.6 Å². The molecule has 2 aliphatic carbocycles. The summed E-state index contributed by atoms with van der Waals surface area (Å²) in [5, 5.41) is 2.28. The Bertz CT molecular complexity index is 3820. The zero-order chi connectivity index (χ0) is 44.8. The van der Waals surface area contributed by atoms with Crippen LogP contribution in [0.5, 0.6) is 0 Å². The molecule has 0 aliphatic heterocycles. The van der Waals surface area contributed by atoms with Crippen molar-refractivity contribution in [2.24, 2.45) is 0 Å². The molecule has 0 bridgehead atoms. The third-order valence-electron chi connectivity index (χ3n) is 14.3. The SMILES string of the molecule is c1ccc(-c2cccc(-c3nc(-c4cccc(-c5ccccc5)c4)nc(-n4c5ccc(-c6ccccc6)cc5c5cc6c(cc54)C4(c5ccccc5-c5ccccc54)c4ccccc4-6)n3)c2)cc1. The summed E-state index contributed by atoms with van der Waals surface area (Å²) in [7, 11) is 0. The predicted octanol–water partition coefficient (Wildman–Crippen LogP) is 15.6. The minimum absolute atomic E-state index is 0.519. The third-order valence-corrected chi connectivity index (χ3v) is 14.3. The molecule has 0 fully saturated rings. The number of nitrogens with zero attached hydrogens (tertiary/aromatic N) is 4. The van der Waals surface area contributed by atoms with E-state index < -0.39 is 5.41 Å². The summed E-state index contributed by atoms with van der Waals surface area (Å²) in [4.78, 5) is 16.3. The fourth-order valence-electron chi connectivity index (χ4n) is 11.3. The number of hydrogen-bond donors (Lipinski definition) is 0. The van der Waals surface area contributed by atoms with Crippen molar-refractivity contribution in [1.82, 2.24) is 19.5 Å². The van der Waals surface area contributed by atoms with Crippen LogP contribution in [-0.2, 0) is 5.41 Å². The van der Waals surface area contributed by atoms with Crippen LogP contribution in [0.1, 0.15) is 22.3 Å². The highest BCUT2D eigenvalue weighted by Gasteiger charge is 2.51. The zero-order valence-corrected chi connectivity index (χ0v) is 36.9. The molecule has 4 nitrogen and oxygen atoms in total. The molecule has 0 N–H and O–H groups in total. The van der Waals surface area contributed by atoms with Crippen LogP contribution in [0, 0.1) is 0 Å². The van der Waals surface area contributed by atoms with Gasteiger partial charge in [0.15, 0.2) is 11.6 Å². The number of aromatic nitrogens is 4. The van der Waals surface area contributed by atoms with Gasteiger partial charge in [0, 0.05) is 21.9 Å². The van der Waals surface area contributed by atoms with E-state index in [-0.39, 0.29) is 0 Å². The Morgan fingerprint density at radius 3 is 1.19 bits per heavy atom. The number of hydrogen-bond acceptors (Lipinski definition) is 3. The van der Waals surface area contributed by atoms with Gasteiger partial charge in [-0.25, -0.2) is 4.98 Å². The highest BCUT2D eigenvalue weighted by Crippen LogP contribution is 2.63. The van der Waals surface area contributed by atoms with Crippen molar-refractivity contribution in [1.29, 1.82) is 0 Å². The summed E-state index contributed by atoms with van der Waals surface area (Å²) in [6.07, 6.45) is 0. The van der Waals surface area contributed by atoms with Gasteiger partial charge in [-0.3, -0.25) is 4.57 Å². The molecule has 0 unspecified atom stereocenters. The van der Waals surface area contributed by atoms with E-state index >= 15 is 0 Å². The van der Waals surface area contributed by atoms with E-state index in [4.69, 9.17) is 15.0 Å². The van der Waals surface area contributed by atoms with E-state index in [1.165, 1.54) is 50.1 Å². The van der Waals surface area contributed by atoms with Crippen LogP contribution in [0.4, 0.5) is 0 Å². The van der Waals surface area contributed by atoms with Crippen LogP contribution in [-0.4, -0.2) is 19.5 Å². The molecule has 10 aromatic carbocycles. The maximum Gasteiger partial charge on any atom is 0.238 e. The normalized spacial score (nSPS) is 12.8. The van der Waals surface area contributed by atoms with Crippen molar-refractivity contribution in [3.05, 3.63) is 265 Å². The van der Waals surface area contributed by atoms with Crippen LogP contribution in [0.25, 0.3) is 106 Å². The van der Waals surface area contributed by atoms with Gasteiger partial charge in [-0.15, -0.1) is 0 Å². The molecule has 1 spiro atoms. The predicted molar refractivity (Wildman–Crippen MR) is 278 cm³/mol. The van der Waals surface area contributed by atoms with Crippen LogP contribution in [0.3, 0.4) is 0 Å². The Balaban J connectivity index is 1.08. The molecule has 2 aliphatic rings. The maximum atomic E-state index is 5.50. The van der Waals surface area contributed by atoms with E-state index in [1.54, 1.807) is 0 Å². The molecule has 14 rings (SSSR count). The highest BCUT2D eigenvalue weighted by molar-refractivity contribution is 6.13. The smallest absolute Gasteiger partial charge is 0.238 e. The maximum absolute atomic E-state index is 5.50. The fraction of sp³-hybridized carbons (Fsp3) is 0.0156. The average Bonchev–Trinajstić information content (AvgIpc) is 4.02. The summed E-state index contributed by atoms with van der Waals surface area (Å²) in [5.41, 5.74) is 20.4. The van der Waals surface area contributed by atoms with Gasteiger partial charge in [-0.05, 0) is 114 Å². The molecular formula is C64H40N4. The van der Waals surface area contributed by atoms with Gasteiger partial charge in [0.2, 0.25) is 5.95 Å². The summed E-state index contributed by atoms with van der Waals surface area (Å²) >= 11 is 0. The van der Waals surface area contributed by atoms with Crippen molar-refractivity contribution < 1.29 is 0 Å². The Kier molecular flexibility index (Phi) is 8.46. The summed E-state index contributed by atoms with van der Waals surface area (Å²) < 4.78 is 2.29. The van der Waals surface area contributed by atoms with E-state index in [1.807, 2.05) is 0 Å². The second-order valence-corrected chi connectivity index (χ2v) is 17.9. The van der Waals surface area contributed by atoms with Crippen LogP contribution in [0.2, 0.25) is 0 Å². The summed E-state index contributed by atoms with van der Waals surface area (Å²) in [5.74, 6) is 1.77. The van der Waals surface area contributed by atoms with Gasteiger partial charge in [0.05, 0.1) is 16.4 Å². The van der Waals surface area contributed by atoms with Crippen molar-refractivity contribution in [2.45, 2.75) is 5.41 Å². The molecule has 0 saturated carbocycles. The van der Waals surface area contributed by atoms with E-state index in [9.17, 15) is 0 Å². The number of rotatable bonds is 6. The third kappa shape index (κ3) is 5.71. The van der Waals surface area contributed by atoms with Crippen molar-refractivity contribution in [3.8, 4) is 84.4 Å². The number of fused-ring (bicyclic) bond motifs is 13. The molecular weight excluding hydrogens is 825 g/mol. The first-order chi connectivity index (χ1) is 33.7. The minimum atomic E-state index is -0.519. The lowest BCUT2D eigenvalue weighted by atomic mass is 9.70. The fourth-order valence-corrected chi connectivity index (χ4v) is 11.3. The van der Waals surface area contributed by atoms with Crippen molar-refractivity contribution in [2.75, 3.05) is 0 Å². The lowest BCUT2D eigenvalue weighted by Gasteiger charge is -2.30. The quantitative estimate of drug-likeness (QED) is 0.167. The molecule has 0 radical (unpaired) electrons. The average molecular weight is 865 g/mol. The van der Waals surface area contributed by atoms with Gasteiger partial charge in [0.1, 0.15) is 0 Å². The second kappa shape index (κ2) is 15.0. The molecule has 316 valence electrons. The Hall–Kier alpha value is -8.99. The standard InChI is InChI=1S/C64H40N4/c1-4-18-41(19-5-1)44-24-16-26-47(36-44)61-65-62(48-27-17-25-45(37-48)42-20-6-2-7-21-42)67-63(66-61)68-59-35-34-46(43-22-8-3-9-23-43)38-53(59)54-39-52-51-30-12-15-33-57(51)64(58(52)40-60(54)68)55-31-13-10-28-49(55)50-29-11-14-32-56(50)64/h1-40H. The molecule has 12 aromatic rings. The van der Waals surface area contributed by atoms with Crippen LogP contribution in [0.15, 0.2) is 243 Å². The lowest BCUT2D eigenvalue weighted by Crippen LogP contribution is -2.25. The van der Waals surface area contributed by atoms with Gasteiger partial charge < -0.3 is 0 Å². The first kappa shape index (κ1) is 38.3. The topological polar surface area (TPSA) is 43.6 Å². The molecule has 2 aromatic heterocycles. The minimum Gasteiger partial charge on any atom is -0.278 e. The first-order valence-corrected chi connectivity index (χ1v) is 23.3. The van der Waals surface area contributed by atoms with Gasteiger partial charge in [-0.2, -0.15) is 9.97 Å². The van der Waals surface area contributed by atoms with E-state index in [0.717, 1.165) is 60.8 Å². The highest BCUT2D eigenvalue weighted by atomic mass is 15.2. The summed E-state index contributed by atoms with van der Waals surface area (Å²) in [6.45, 7) is 0. The van der Waals surface area contributed by atoms with Crippen LogP contribution < -0.4 is 0 Å². The Labute approximate surface area is 394 Å². The van der Waals surface area contributed by atoms with Gasteiger partial charge >= 0.3 is 0 Å². The summed E-state index contributed by atoms with van der Waals surface area (Å²) in [6, 6.07) is 87.5. The van der Waals surface area contributed by atoms with Crippen LogP contribution >= 0.6 is 0 Å². The Morgan fingerprint density at radius 2 is 0.676 bits per heavy atom. The largest absolute Gasteiger partial charge is 0.278 e. The lowest BCUT2D eigenvalue weighted by molar-refractivity contribution is 0.794. The molecule has 68 heavy (non-hydrogen) atoms. The molecule has 0 amide bonds. The monoisotopic (exact) mass is 864 g/mol.